The molecule has 2 aromatic rings. The van der Waals surface area contributed by atoms with Crippen LogP contribution >= 0.6 is 0 Å². The Balaban J connectivity index is 2.24. The average molecular weight is 300 g/mol. The fourth-order valence-corrected chi connectivity index (χ4v) is 1.91. The fourth-order valence-electron chi connectivity index (χ4n) is 1.43. The highest BCUT2D eigenvalue weighted by Crippen LogP contribution is 2.11. The Bertz CT molecular complexity index is 720. The van der Waals surface area contributed by atoms with Crippen LogP contribution in [0.15, 0.2) is 29.2 Å². The molecule has 0 atom stereocenters. The number of anilines is 1. The average Bonchev–Trinajstić information content (AvgIpc) is 2.37. The highest BCUT2D eigenvalue weighted by atomic mass is 32.2. The number of benzene rings is 1. The van der Waals surface area contributed by atoms with Crippen LogP contribution in [0, 0.1) is 6.08 Å². The number of nitrogens with one attached hydrogen (secondary N) is 1. The van der Waals surface area contributed by atoms with Gasteiger partial charge in [-0.2, -0.15) is 17.8 Å². The van der Waals surface area contributed by atoms with E-state index in [-0.39, 0.29) is 16.8 Å². The number of nitrogens with zero attached hydrogens (tertiary/aromatic N) is 3. The molecule has 0 aliphatic carbocycles. The molecule has 10 heteroatoms. The Kier molecular flexibility index (Phi) is 3.88. The molecule has 106 valence electrons. The number of hydrogen-bond donors (Lipinski definition) is 3. The van der Waals surface area contributed by atoms with Crippen molar-refractivity contribution in [2.75, 3.05) is 12.4 Å². The molecule has 1 heterocycles. The molecule has 0 fully saturated rings. The topological polar surface area (TPSA) is 122 Å². The summed E-state index contributed by atoms with van der Waals surface area (Å²) in [4.78, 5) is 10.6. The summed E-state index contributed by atoms with van der Waals surface area (Å²) in [5.41, 5.74) is 0.546. The van der Waals surface area contributed by atoms with Gasteiger partial charge in [-0.05, 0) is 12.1 Å². The zero-order valence-electron chi connectivity index (χ0n) is 10.3. The van der Waals surface area contributed by atoms with Gasteiger partial charge in [-0.3, -0.25) is 4.55 Å². The maximum Gasteiger partial charge on any atom is 0.338 e. The van der Waals surface area contributed by atoms with Crippen LogP contribution in [0.25, 0.3) is 0 Å². The van der Waals surface area contributed by atoms with E-state index in [1.54, 1.807) is 7.05 Å². The van der Waals surface area contributed by atoms with Crippen LogP contribution in [0.3, 0.4) is 0 Å². The van der Waals surface area contributed by atoms with Crippen molar-refractivity contribution < 1.29 is 22.7 Å². The van der Waals surface area contributed by atoms with Gasteiger partial charge in [-0.15, -0.1) is 9.97 Å². The second kappa shape index (κ2) is 5.45. The molecule has 20 heavy (non-hydrogen) atoms. The lowest BCUT2D eigenvalue weighted by Crippen LogP contribution is -2.72. The van der Waals surface area contributed by atoms with Gasteiger partial charge in [0.05, 0.1) is 4.90 Å². The zero-order chi connectivity index (χ0) is 14.8. The summed E-state index contributed by atoms with van der Waals surface area (Å²) >= 11 is 0. The number of nitrogens with two attached hydrogens (primary N) is 1. The summed E-state index contributed by atoms with van der Waals surface area (Å²) in [6.07, 6.45) is -0.926. The van der Waals surface area contributed by atoms with Gasteiger partial charge in [0.1, 0.15) is 5.69 Å². The van der Waals surface area contributed by atoms with Crippen LogP contribution in [0.4, 0.5) is 22.0 Å². The van der Waals surface area contributed by atoms with Crippen molar-refractivity contribution in [1.29, 1.82) is 0 Å². The molecule has 0 unspecified atom stereocenters. The number of quaternary nitrogens is 1. The van der Waals surface area contributed by atoms with Gasteiger partial charge in [0, 0.05) is 19.2 Å². The molecule has 8 nitrogen and oxygen atoms in total. The highest BCUT2D eigenvalue weighted by Gasteiger charge is 2.12. The maximum atomic E-state index is 13.1. The van der Waals surface area contributed by atoms with E-state index < -0.39 is 16.2 Å². The van der Waals surface area contributed by atoms with Gasteiger partial charge in [0.2, 0.25) is 5.95 Å². The predicted molar refractivity (Wildman–Crippen MR) is 66.8 cm³/mol. The number of aromatic nitrogens is 3. The molecule has 2 rings (SSSR count). The lowest BCUT2D eigenvalue weighted by atomic mass is 10.3. The van der Waals surface area contributed by atoms with Gasteiger partial charge in [-0.1, -0.05) is 0 Å². The van der Waals surface area contributed by atoms with E-state index in [9.17, 15) is 12.8 Å². The van der Waals surface area contributed by atoms with Crippen LogP contribution < -0.4 is 10.6 Å². The predicted octanol–water partition coefficient (Wildman–Crippen LogP) is -0.174. The van der Waals surface area contributed by atoms with Crippen molar-refractivity contribution in [2.24, 2.45) is 0 Å². The summed E-state index contributed by atoms with van der Waals surface area (Å²) in [6, 6.07) is 5.31. The molecule has 1 aromatic carbocycles. The van der Waals surface area contributed by atoms with E-state index in [0.29, 0.717) is 5.69 Å². The van der Waals surface area contributed by atoms with Crippen LogP contribution in [0.2, 0.25) is 0 Å². The minimum absolute atomic E-state index is 0.0818. The van der Waals surface area contributed by atoms with Crippen LogP contribution in [0.5, 0.6) is 0 Å². The van der Waals surface area contributed by atoms with Crippen molar-refractivity contribution in [3.8, 4) is 0 Å². The van der Waals surface area contributed by atoms with Crippen LogP contribution in [-0.2, 0) is 10.1 Å². The monoisotopic (exact) mass is 300 g/mol. The molecule has 1 aromatic heterocycles. The number of rotatable bonds is 4. The van der Waals surface area contributed by atoms with E-state index in [1.165, 1.54) is 29.6 Å². The maximum absolute atomic E-state index is 13.1. The molecular formula is C10H11FN5O3S+. The van der Waals surface area contributed by atoms with Crippen molar-refractivity contribution in [3.63, 3.8) is 0 Å². The van der Waals surface area contributed by atoms with Crippen LogP contribution in [0.1, 0.15) is 0 Å². The minimum Gasteiger partial charge on any atom is -0.357 e. The number of hydrogen-bond acceptors (Lipinski definition) is 6. The smallest absolute Gasteiger partial charge is 0.338 e. The van der Waals surface area contributed by atoms with E-state index >= 15 is 0 Å². The lowest BCUT2D eigenvalue weighted by Gasteiger charge is -2.02. The Morgan fingerprint density at radius 3 is 2.40 bits per heavy atom. The summed E-state index contributed by atoms with van der Waals surface area (Å²) in [5.74, 6) is 0.166. The standard InChI is InChI=1S/C10H10FN5O3S/c1-12-9-14-8(11)15-10(16-9)13-6-2-4-7(5-3-6)20(17,18)19/h2-5H,1H3,(H,17,18,19)(H2,12,13,14,15,16)/p+1. The first kappa shape index (κ1) is 14.2. The molecule has 0 radical (unpaired) electrons. The van der Waals surface area contributed by atoms with Crippen molar-refractivity contribution in [2.45, 2.75) is 4.90 Å². The molecule has 0 aliphatic rings. The van der Waals surface area contributed by atoms with Crippen molar-refractivity contribution in [3.05, 3.63) is 30.3 Å². The Morgan fingerprint density at radius 2 is 1.85 bits per heavy atom. The van der Waals surface area contributed by atoms with Crippen LogP contribution in [-0.4, -0.2) is 35.0 Å². The van der Waals surface area contributed by atoms with Gasteiger partial charge in [0.15, 0.2) is 0 Å². The second-order valence-corrected chi connectivity index (χ2v) is 5.15. The highest BCUT2D eigenvalue weighted by molar-refractivity contribution is 7.85. The van der Waals surface area contributed by atoms with Crippen molar-refractivity contribution in [1.82, 2.24) is 15.0 Å². The van der Waals surface area contributed by atoms with Gasteiger partial charge in [0.25, 0.3) is 10.1 Å². The molecule has 0 bridgehead atoms. The van der Waals surface area contributed by atoms with Gasteiger partial charge in [-0.25, -0.2) is 5.32 Å². The first-order valence-electron chi connectivity index (χ1n) is 5.40. The Labute approximate surface area is 113 Å². The minimum atomic E-state index is -4.23. The first-order valence-corrected chi connectivity index (χ1v) is 6.84. The first-order chi connectivity index (χ1) is 9.38. The Morgan fingerprint density at radius 1 is 1.20 bits per heavy atom. The van der Waals surface area contributed by atoms with E-state index in [2.05, 4.69) is 20.3 Å². The molecule has 0 amide bonds. The Hall–Kier alpha value is -2.17. The van der Waals surface area contributed by atoms with E-state index in [1.807, 2.05) is 0 Å². The third-order valence-electron chi connectivity index (χ3n) is 2.32. The molecule has 0 spiro atoms. The zero-order valence-corrected chi connectivity index (χ0v) is 11.1. The number of halogens is 1. The summed E-state index contributed by atoms with van der Waals surface area (Å²) in [7, 11) is -2.69. The third kappa shape index (κ3) is 3.44. The van der Waals surface area contributed by atoms with Crippen molar-refractivity contribution >= 4 is 27.7 Å². The normalized spacial score (nSPS) is 11.3. The molecular weight excluding hydrogens is 289 g/mol. The molecule has 4 N–H and O–H groups in total. The summed E-state index contributed by atoms with van der Waals surface area (Å²) in [6.45, 7) is 0. The van der Waals surface area contributed by atoms with E-state index in [0.717, 1.165) is 0 Å². The van der Waals surface area contributed by atoms with E-state index in [4.69, 9.17) is 4.55 Å². The second-order valence-electron chi connectivity index (χ2n) is 3.72. The summed E-state index contributed by atoms with van der Waals surface area (Å²) < 4.78 is 43.7. The summed E-state index contributed by atoms with van der Waals surface area (Å²) in [5, 5.41) is 4.03. The van der Waals surface area contributed by atoms with Gasteiger partial charge >= 0.3 is 12.0 Å². The SMILES string of the molecule is CNc1nc(F)nc([NH2+]c2ccc(S(=O)(=O)O)cc2)n1. The quantitative estimate of drug-likeness (QED) is 0.529. The van der Waals surface area contributed by atoms with Gasteiger partial charge < -0.3 is 5.32 Å². The molecule has 0 saturated heterocycles. The molecule has 0 aliphatic heterocycles. The largest absolute Gasteiger partial charge is 0.357 e. The molecule has 0 saturated carbocycles. The lowest BCUT2D eigenvalue weighted by molar-refractivity contribution is -0.487. The third-order valence-corrected chi connectivity index (χ3v) is 3.19. The fraction of sp³-hybridized carbons (Fsp3) is 0.100.